The zero-order valence-electron chi connectivity index (χ0n) is 12.4. The second-order valence-corrected chi connectivity index (χ2v) is 6.62. The quantitative estimate of drug-likeness (QED) is 0.886. The number of fused-ring (bicyclic) bond motifs is 1. The summed E-state index contributed by atoms with van der Waals surface area (Å²) in [6, 6.07) is 6.01. The van der Waals surface area contributed by atoms with Crippen LogP contribution in [-0.4, -0.2) is 30.9 Å². The lowest BCUT2D eigenvalue weighted by Gasteiger charge is -2.27. The molecule has 3 heteroatoms. The van der Waals surface area contributed by atoms with Crippen LogP contribution in [0.3, 0.4) is 0 Å². The summed E-state index contributed by atoms with van der Waals surface area (Å²) in [5.41, 5.74) is 3.37. The number of hydrogen-bond donors (Lipinski definition) is 1. The third-order valence-corrected chi connectivity index (χ3v) is 3.35. The lowest BCUT2D eigenvalue weighted by molar-refractivity contribution is 0.0745. The van der Waals surface area contributed by atoms with E-state index in [1.54, 1.807) is 0 Å². The minimum absolute atomic E-state index is 0.114. The smallest absolute Gasteiger partial charge is 0.253 e. The summed E-state index contributed by atoms with van der Waals surface area (Å²) in [5.74, 6) is 0.114. The maximum absolute atomic E-state index is 12.4. The largest absolute Gasteiger partial charge is 0.385 e. The molecule has 0 saturated heterocycles. The van der Waals surface area contributed by atoms with Crippen molar-refractivity contribution in [1.29, 1.82) is 0 Å². The average molecular weight is 260 g/mol. The molecule has 2 rings (SSSR count). The van der Waals surface area contributed by atoms with E-state index in [4.69, 9.17) is 0 Å². The van der Waals surface area contributed by atoms with Gasteiger partial charge in [0.1, 0.15) is 0 Å². The van der Waals surface area contributed by atoms with Crippen molar-refractivity contribution >= 4 is 11.6 Å². The summed E-state index contributed by atoms with van der Waals surface area (Å²) in [4.78, 5) is 14.2. The standard InChI is InChI=1S/C16H24N2O/c1-16(2,3)11-18(4)15(19)13-7-8-14-12(10-13)6-5-9-17-14/h7-8,10,17H,5-6,9,11H2,1-4H3. The SMILES string of the molecule is CN(CC(C)(C)C)C(=O)c1ccc2c(c1)CCCN2. The van der Waals surface area contributed by atoms with Gasteiger partial charge >= 0.3 is 0 Å². The summed E-state index contributed by atoms with van der Waals surface area (Å²) in [5, 5.41) is 3.37. The van der Waals surface area contributed by atoms with Gasteiger partial charge in [0.2, 0.25) is 0 Å². The van der Waals surface area contributed by atoms with Gasteiger partial charge in [0.05, 0.1) is 0 Å². The van der Waals surface area contributed by atoms with E-state index in [9.17, 15) is 4.79 Å². The van der Waals surface area contributed by atoms with Gasteiger partial charge < -0.3 is 10.2 Å². The van der Waals surface area contributed by atoms with Crippen LogP contribution in [0.1, 0.15) is 43.1 Å². The number of carbonyl (C=O) groups is 1. The molecule has 0 aromatic heterocycles. The highest BCUT2D eigenvalue weighted by Crippen LogP contribution is 2.24. The Balaban J connectivity index is 2.15. The maximum Gasteiger partial charge on any atom is 0.253 e. The van der Waals surface area contributed by atoms with Crippen LogP contribution < -0.4 is 5.32 Å². The lowest BCUT2D eigenvalue weighted by atomic mass is 9.95. The molecule has 1 amide bonds. The van der Waals surface area contributed by atoms with Crippen LogP contribution in [0.15, 0.2) is 18.2 Å². The van der Waals surface area contributed by atoms with E-state index in [0.717, 1.165) is 31.5 Å². The number of hydrogen-bond acceptors (Lipinski definition) is 2. The van der Waals surface area contributed by atoms with Crippen LogP contribution in [0.2, 0.25) is 0 Å². The van der Waals surface area contributed by atoms with E-state index in [0.29, 0.717) is 0 Å². The Morgan fingerprint density at radius 3 is 2.79 bits per heavy atom. The van der Waals surface area contributed by atoms with Crippen molar-refractivity contribution in [1.82, 2.24) is 4.90 Å². The molecule has 1 aromatic rings. The molecule has 1 aromatic carbocycles. The molecule has 0 atom stereocenters. The molecular formula is C16H24N2O. The first-order chi connectivity index (χ1) is 8.87. The van der Waals surface area contributed by atoms with Crippen molar-refractivity contribution in [3.05, 3.63) is 29.3 Å². The Kier molecular flexibility index (Phi) is 3.83. The Morgan fingerprint density at radius 1 is 1.37 bits per heavy atom. The monoisotopic (exact) mass is 260 g/mol. The highest BCUT2D eigenvalue weighted by atomic mass is 16.2. The fraction of sp³-hybridized carbons (Fsp3) is 0.562. The minimum Gasteiger partial charge on any atom is -0.385 e. The van der Waals surface area contributed by atoms with Crippen molar-refractivity contribution in [3.63, 3.8) is 0 Å². The Hall–Kier alpha value is -1.51. The zero-order chi connectivity index (χ0) is 14.0. The van der Waals surface area contributed by atoms with Crippen molar-refractivity contribution < 1.29 is 4.79 Å². The zero-order valence-corrected chi connectivity index (χ0v) is 12.4. The summed E-state index contributed by atoms with van der Waals surface area (Å²) in [7, 11) is 1.88. The molecule has 0 unspecified atom stereocenters. The summed E-state index contributed by atoms with van der Waals surface area (Å²) >= 11 is 0. The molecule has 0 aliphatic carbocycles. The predicted molar refractivity (Wildman–Crippen MR) is 79.7 cm³/mol. The van der Waals surface area contributed by atoms with Crippen molar-refractivity contribution in [2.24, 2.45) is 5.41 Å². The molecule has 3 nitrogen and oxygen atoms in total. The second-order valence-electron chi connectivity index (χ2n) is 6.62. The maximum atomic E-state index is 12.4. The molecule has 1 aliphatic heterocycles. The molecule has 104 valence electrons. The number of carbonyl (C=O) groups excluding carboxylic acids is 1. The number of amides is 1. The first kappa shape index (κ1) is 13.9. The number of rotatable bonds is 2. The van der Waals surface area contributed by atoms with Crippen molar-refractivity contribution in [2.75, 3.05) is 25.5 Å². The van der Waals surface area contributed by atoms with Gasteiger partial charge in [-0.3, -0.25) is 4.79 Å². The van der Waals surface area contributed by atoms with Crippen LogP contribution in [-0.2, 0) is 6.42 Å². The summed E-state index contributed by atoms with van der Waals surface area (Å²) in [6.07, 6.45) is 2.20. The van der Waals surface area contributed by atoms with Gasteiger partial charge in [-0.1, -0.05) is 20.8 Å². The van der Waals surface area contributed by atoms with E-state index in [-0.39, 0.29) is 11.3 Å². The molecule has 0 fully saturated rings. The molecule has 0 radical (unpaired) electrons. The van der Waals surface area contributed by atoms with Gasteiger partial charge in [0, 0.05) is 31.4 Å². The fourth-order valence-electron chi connectivity index (χ4n) is 2.61. The van der Waals surface area contributed by atoms with E-state index < -0.39 is 0 Å². The summed E-state index contributed by atoms with van der Waals surface area (Å²) in [6.45, 7) is 8.24. The van der Waals surface area contributed by atoms with Crippen LogP contribution in [0.5, 0.6) is 0 Å². The second kappa shape index (κ2) is 5.24. The van der Waals surface area contributed by atoms with Crippen molar-refractivity contribution in [3.8, 4) is 0 Å². The van der Waals surface area contributed by atoms with Gasteiger partial charge in [-0.2, -0.15) is 0 Å². The van der Waals surface area contributed by atoms with Gasteiger partial charge in [-0.25, -0.2) is 0 Å². The third kappa shape index (κ3) is 3.49. The first-order valence-corrected chi connectivity index (χ1v) is 6.99. The molecule has 1 aliphatic rings. The Bertz CT molecular complexity index is 474. The Morgan fingerprint density at radius 2 is 2.11 bits per heavy atom. The third-order valence-electron chi connectivity index (χ3n) is 3.35. The van der Waals surface area contributed by atoms with E-state index >= 15 is 0 Å². The van der Waals surface area contributed by atoms with Gasteiger partial charge in [0.25, 0.3) is 5.91 Å². The number of benzene rings is 1. The predicted octanol–water partition coefficient (Wildman–Crippen LogP) is 3.16. The lowest BCUT2D eigenvalue weighted by Crippen LogP contribution is -2.34. The Labute approximate surface area is 116 Å². The van der Waals surface area contributed by atoms with Gasteiger partial charge in [-0.15, -0.1) is 0 Å². The molecule has 0 saturated carbocycles. The number of nitrogens with zero attached hydrogens (tertiary/aromatic N) is 1. The van der Waals surface area contributed by atoms with Crippen LogP contribution in [0.25, 0.3) is 0 Å². The van der Waals surface area contributed by atoms with Crippen LogP contribution in [0, 0.1) is 5.41 Å². The average Bonchev–Trinajstić information content (AvgIpc) is 2.35. The van der Waals surface area contributed by atoms with Crippen molar-refractivity contribution in [2.45, 2.75) is 33.6 Å². The molecular weight excluding hydrogens is 236 g/mol. The number of nitrogens with one attached hydrogen (secondary N) is 1. The highest BCUT2D eigenvalue weighted by molar-refractivity contribution is 5.94. The van der Waals surface area contributed by atoms with E-state index in [2.05, 4.69) is 26.1 Å². The fourth-order valence-corrected chi connectivity index (χ4v) is 2.61. The molecule has 1 heterocycles. The van der Waals surface area contributed by atoms with E-state index in [1.807, 2.05) is 30.1 Å². The van der Waals surface area contributed by atoms with E-state index in [1.165, 1.54) is 11.3 Å². The first-order valence-electron chi connectivity index (χ1n) is 6.99. The number of aryl methyl sites for hydroxylation is 1. The molecule has 1 N–H and O–H groups in total. The van der Waals surface area contributed by atoms with Gasteiger partial charge in [-0.05, 0) is 42.0 Å². The van der Waals surface area contributed by atoms with Crippen LogP contribution >= 0.6 is 0 Å². The summed E-state index contributed by atoms with van der Waals surface area (Å²) < 4.78 is 0. The highest BCUT2D eigenvalue weighted by Gasteiger charge is 2.20. The number of anilines is 1. The van der Waals surface area contributed by atoms with Gasteiger partial charge in [0.15, 0.2) is 0 Å². The molecule has 0 bridgehead atoms. The molecule has 0 spiro atoms. The normalized spacial score (nSPS) is 14.5. The minimum atomic E-state index is 0.114. The molecule has 19 heavy (non-hydrogen) atoms. The topological polar surface area (TPSA) is 32.3 Å². The van der Waals surface area contributed by atoms with Crippen LogP contribution in [0.4, 0.5) is 5.69 Å².